The minimum absolute atomic E-state index is 0.104. The number of fused-ring (bicyclic) bond motifs is 1. The van der Waals surface area contributed by atoms with Crippen LogP contribution in [-0.4, -0.2) is 25.2 Å². The van der Waals surface area contributed by atoms with E-state index < -0.39 is 0 Å². The van der Waals surface area contributed by atoms with Crippen LogP contribution in [0.5, 0.6) is 0 Å². The molecule has 0 saturated heterocycles. The summed E-state index contributed by atoms with van der Waals surface area (Å²) >= 11 is 0. The molecule has 0 aliphatic carbocycles. The standard InChI is InChI=1S/C21H21N5O/c1-14(18-12-23-25(3)15(18)2)24-21(27)16-8-10-17(11-9-16)26-13-22-19-6-4-5-7-20(19)26/h4-14H,1-3H3,(H,24,27)/t14-/m0/s1. The molecule has 2 heterocycles. The first kappa shape index (κ1) is 17.0. The van der Waals surface area contributed by atoms with Crippen LogP contribution >= 0.6 is 0 Å². The molecular weight excluding hydrogens is 338 g/mol. The molecule has 136 valence electrons. The van der Waals surface area contributed by atoms with Crippen molar-refractivity contribution < 1.29 is 4.79 Å². The molecule has 0 radical (unpaired) electrons. The zero-order chi connectivity index (χ0) is 19.0. The van der Waals surface area contributed by atoms with E-state index in [9.17, 15) is 4.79 Å². The number of amides is 1. The molecule has 1 amide bonds. The maximum absolute atomic E-state index is 12.6. The first-order chi connectivity index (χ1) is 13.0. The molecule has 0 saturated carbocycles. The number of nitrogens with one attached hydrogen (secondary N) is 1. The number of hydrogen-bond donors (Lipinski definition) is 1. The van der Waals surface area contributed by atoms with Crippen LogP contribution < -0.4 is 5.32 Å². The van der Waals surface area contributed by atoms with Crippen LogP contribution in [0.25, 0.3) is 16.7 Å². The average Bonchev–Trinajstić information content (AvgIpc) is 3.26. The highest BCUT2D eigenvalue weighted by molar-refractivity contribution is 5.94. The molecule has 2 aromatic carbocycles. The fourth-order valence-electron chi connectivity index (χ4n) is 3.24. The number of nitrogens with zero attached hydrogens (tertiary/aromatic N) is 4. The van der Waals surface area contributed by atoms with Gasteiger partial charge in [0.25, 0.3) is 5.91 Å². The lowest BCUT2D eigenvalue weighted by Crippen LogP contribution is -2.26. The van der Waals surface area contributed by atoms with Crippen LogP contribution in [0, 0.1) is 6.92 Å². The van der Waals surface area contributed by atoms with Gasteiger partial charge in [-0.15, -0.1) is 0 Å². The molecule has 0 aliphatic heterocycles. The van der Waals surface area contributed by atoms with Crippen molar-refractivity contribution in [2.24, 2.45) is 7.05 Å². The topological polar surface area (TPSA) is 64.7 Å². The first-order valence-electron chi connectivity index (χ1n) is 8.86. The van der Waals surface area contributed by atoms with Crippen molar-refractivity contribution in [2.45, 2.75) is 19.9 Å². The Balaban J connectivity index is 1.53. The molecule has 4 aromatic rings. The second kappa shape index (κ2) is 6.72. The number of benzene rings is 2. The molecule has 0 aliphatic rings. The van der Waals surface area contributed by atoms with E-state index in [0.717, 1.165) is 28.0 Å². The van der Waals surface area contributed by atoms with Gasteiger partial charge in [0.1, 0.15) is 6.33 Å². The predicted molar refractivity (Wildman–Crippen MR) is 105 cm³/mol. The van der Waals surface area contributed by atoms with Crippen LogP contribution in [0.1, 0.15) is 34.6 Å². The van der Waals surface area contributed by atoms with Gasteiger partial charge in [0, 0.05) is 29.6 Å². The van der Waals surface area contributed by atoms with Gasteiger partial charge in [0.05, 0.1) is 23.3 Å². The number of carbonyl (C=O) groups is 1. The number of aryl methyl sites for hydroxylation is 1. The lowest BCUT2D eigenvalue weighted by atomic mass is 10.1. The predicted octanol–water partition coefficient (Wildman–Crippen LogP) is 3.56. The lowest BCUT2D eigenvalue weighted by Gasteiger charge is -2.14. The number of carbonyl (C=O) groups excluding carboxylic acids is 1. The first-order valence-corrected chi connectivity index (χ1v) is 8.86. The van der Waals surface area contributed by atoms with Crippen molar-refractivity contribution in [3.63, 3.8) is 0 Å². The molecule has 1 N–H and O–H groups in total. The Hall–Kier alpha value is -3.41. The third-order valence-electron chi connectivity index (χ3n) is 4.95. The smallest absolute Gasteiger partial charge is 0.251 e. The fourth-order valence-corrected chi connectivity index (χ4v) is 3.24. The summed E-state index contributed by atoms with van der Waals surface area (Å²) in [4.78, 5) is 17.0. The van der Waals surface area contributed by atoms with Gasteiger partial charge in [-0.05, 0) is 50.2 Å². The summed E-state index contributed by atoms with van der Waals surface area (Å²) < 4.78 is 3.82. The summed E-state index contributed by atoms with van der Waals surface area (Å²) in [6.45, 7) is 3.96. The molecule has 0 spiro atoms. The van der Waals surface area contributed by atoms with Gasteiger partial charge < -0.3 is 5.32 Å². The summed E-state index contributed by atoms with van der Waals surface area (Å²) in [6.07, 6.45) is 3.60. The molecule has 6 heteroatoms. The van der Waals surface area contributed by atoms with E-state index in [1.165, 1.54) is 0 Å². The number of imidazole rings is 1. The Bertz CT molecular complexity index is 1110. The number of aromatic nitrogens is 4. The Morgan fingerprint density at radius 2 is 1.85 bits per heavy atom. The largest absolute Gasteiger partial charge is 0.345 e. The van der Waals surface area contributed by atoms with E-state index in [4.69, 9.17) is 0 Å². The van der Waals surface area contributed by atoms with Crippen LogP contribution in [0.15, 0.2) is 61.1 Å². The molecule has 27 heavy (non-hydrogen) atoms. The van der Waals surface area contributed by atoms with E-state index in [-0.39, 0.29) is 11.9 Å². The summed E-state index contributed by atoms with van der Waals surface area (Å²) in [7, 11) is 1.89. The van der Waals surface area contributed by atoms with E-state index in [1.54, 1.807) is 12.5 Å². The van der Waals surface area contributed by atoms with Crippen molar-refractivity contribution >= 4 is 16.9 Å². The molecule has 2 aromatic heterocycles. The zero-order valence-corrected chi connectivity index (χ0v) is 15.5. The van der Waals surface area contributed by atoms with Crippen LogP contribution in [-0.2, 0) is 7.05 Å². The maximum atomic E-state index is 12.6. The number of hydrogen-bond acceptors (Lipinski definition) is 3. The molecule has 0 unspecified atom stereocenters. The molecular formula is C21H21N5O. The third-order valence-corrected chi connectivity index (χ3v) is 4.95. The van der Waals surface area contributed by atoms with Crippen molar-refractivity contribution in [1.82, 2.24) is 24.6 Å². The van der Waals surface area contributed by atoms with Gasteiger partial charge in [0.2, 0.25) is 0 Å². The lowest BCUT2D eigenvalue weighted by molar-refractivity contribution is 0.0940. The van der Waals surface area contributed by atoms with Gasteiger partial charge >= 0.3 is 0 Å². The van der Waals surface area contributed by atoms with Crippen LogP contribution in [0.2, 0.25) is 0 Å². The third kappa shape index (κ3) is 3.10. The molecule has 4 rings (SSSR count). The quantitative estimate of drug-likeness (QED) is 0.606. The van der Waals surface area contributed by atoms with E-state index >= 15 is 0 Å². The van der Waals surface area contributed by atoms with E-state index in [2.05, 4.69) is 15.4 Å². The highest BCUT2D eigenvalue weighted by Crippen LogP contribution is 2.19. The highest BCUT2D eigenvalue weighted by Gasteiger charge is 2.15. The monoisotopic (exact) mass is 359 g/mol. The normalized spacial score (nSPS) is 12.3. The fraction of sp³-hybridized carbons (Fsp3) is 0.190. The van der Waals surface area contributed by atoms with Crippen LogP contribution in [0.3, 0.4) is 0 Å². The van der Waals surface area contributed by atoms with E-state index in [0.29, 0.717) is 5.56 Å². The summed E-state index contributed by atoms with van der Waals surface area (Å²) in [5, 5.41) is 7.28. The second-order valence-corrected chi connectivity index (χ2v) is 6.65. The van der Waals surface area contributed by atoms with Crippen molar-refractivity contribution in [3.05, 3.63) is 77.9 Å². The van der Waals surface area contributed by atoms with Gasteiger partial charge in [-0.2, -0.15) is 5.10 Å². The van der Waals surface area contributed by atoms with Gasteiger partial charge in [0.15, 0.2) is 0 Å². The summed E-state index contributed by atoms with van der Waals surface area (Å²) in [5.41, 5.74) is 5.64. The van der Waals surface area contributed by atoms with Gasteiger partial charge in [-0.25, -0.2) is 4.98 Å². The number of para-hydroxylation sites is 2. The SMILES string of the molecule is Cc1c([C@H](C)NC(=O)c2ccc(-n3cnc4ccccc43)cc2)cnn1C. The van der Waals surface area contributed by atoms with Gasteiger partial charge in [-0.1, -0.05) is 12.1 Å². The minimum Gasteiger partial charge on any atom is -0.345 e. The Labute approximate surface area is 157 Å². The number of rotatable bonds is 4. The second-order valence-electron chi connectivity index (χ2n) is 6.65. The van der Waals surface area contributed by atoms with Gasteiger partial charge in [-0.3, -0.25) is 14.0 Å². The Kier molecular flexibility index (Phi) is 4.24. The Morgan fingerprint density at radius 3 is 2.56 bits per heavy atom. The van der Waals surface area contributed by atoms with Crippen molar-refractivity contribution in [2.75, 3.05) is 0 Å². The average molecular weight is 359 g/mol. The molecule has 1 atom stereocenters. The molecule has 6 nitrogen and oxygen atoms in total. The minimum atomic E-state index is -0.108. The summed E-state index contributed by atoms with van der Waals surface area (Å²) in [5.74, 6) is -0.104. The van der Waals surface area contributed by atoms with E-state index in [1.807, 2.05) is 78.7 Å². The Morgan fingerprint density at radius 1 is 1.11 bits per heavy atom. The van der Waals surface area contributed by atoms with Crippen LogP contribution in [0.4, 0.5) is 0 Å². The zero-order valence-electron chi connectivity index (χ0n) is 15.5. The van der Waals surface area contributed by atoms with Crippen molar-refractivity contribution in [1.29, 1.82) is 0 Å². The maximum Gasteiger partial charge on any atom is 0.251 e. The summed E-state index contributed by atoms with van der Waals surface area (Å²) in [6, 6.07) is 15.4. The van der Waals surface area contributed by atoms with Crippen molar-refractivity contribution in [3.8, 4) is 5.69 Å². The molecule has 0 fully saturated rings. The highest BCUT2D eigenvalue weighted by atomic mass is 16.1. The molecule has 0 bridgehead atoms.